The lowest BCUT2D eigenvalue weighted by Gasteiger charge is -2.14. The second-order valence-electron chi connectivity index (χ2n) is 5.18. The quantitative estimate of drug-likeness (QED) is 0.786. The van der Waals surface area contributed by atoms with Gasteiger partial charge in [0.15, 0.2) is 6.10 Å². The van der Waals surface area contributed by atoms with Crippen LogP contribution in [-0.2, 0) is 14.3 Å². The zero-order chi connectivity index (χ0) is 18.2. The van der Waals surface area contributed by atoms with Crippen LogP contribution >= 0.6 is 0 Å². The van der Waals surface area contributed by atoms with E-state index >= 15 is 0 Å². The average molecular weight is 344 g/mol. The molecule has 2 rings (SSSR count). The lowest BCUT2D eigenvalue weighted by atomic mass is 10.2. The van der Waals surface area contributed by atoms with Crippen molar-refractivity contribution in [1.82, 2.24) is 5.32 Å². The predicted molar refractivity (Wildman–Crippen MR) is 89.4 cm³/mol. The van der Waals surface area contributed by atoms with Gasteiger partial charge in [-0.15, -0.1) is 0 Å². The summed E-state index contributed by atoms with van der Waals surface area (Å²) in [6.07, 6.45) is -1.06. The Balaban J connectivity index is 1.78. The number of ether oxygens (including phenoxy) is 1. The van der Waals surface area contributed by atoms with Crippen LogP contribution in [0.15, 0.2) is 54.6 Å². The fraction of sp³-hybridized carbons (Fsp3) is 0.167. The van der Waals surface area contributed by atoms with Gasteiger partial charge < -0.3 is 15.4 Å². The van der Waals surface area contributed by atoms with Crippen LogP contribution in [0, 0.1) is 5.82 Å². The largest absolute Gasteiger partial charge is 0.451 e. The van der Waals surface area contributed by atoms with Crippen LogP contribution in [0.5, 0.6) is 0 Å². The van der Waals surface area contributed by atoms with Crippen LogP contribution in [0.3, 0.4) is 0 Å². The molecule has 0 unspecified atom stereocenters. The number of nitrogens with one attached hydrogen (secondary N) is 2. The molecule has 0 fully saturated rings. The predicted octanol–water partition coefficient (Wildman–Crippen LogP) is 2.13. The van der Waals surface area contributed by atoms with Crippen molar-refractivity contribution in [3.63, 3.8) is 0 Å². The highest BCUT2D eigenvalue weighted by atomic mass is 19.1. The van der Waals surface area contributed by atoms with E-state index in [1.165, 1.54) is 31.2 Å². The summed E-state index contributed by atoms with van der Waals surface area (Å²) in [4.78, 5) is 35.5. The van der Waals surface area contributed by atoms with Gasteiger partial charge in [0, 0.05) is 11.3 Å². The van der Waals surface area contributed by atoms with E-state index in [0.717, 1.165) is 0 Å². The molecule has 6 nitrogen and oxygen atoms in total. The molecule has 2 amide bonds. The summed E-state index contributed by atoms with van der Waals surface area (Å²) in [6, 6.07) is 13.6. The lowest BCUT2D eigenvalue weighted by molar-refractivity contribution is -0.152. The average Bonchev–Trinajstić information content (AvgIpc) is 2.62. The fourth-order valence-electron chi connectivity index (χ4n) is 1.91. The number of hydrogen-bond acceptors (Lipinski definition) is 4. The third-order valence-corrected chi connectivity index (χ3v) is 3.22. The summed E-state index contributed by atoms with van der Waals surface area (Å²) >= 11 is 0. The minimum Gasteiger partial charge on any atom is -0.451 e. The Labute approximate surface area is 144 Å². The zero-order valence-electron chi connectivity index (χ0n) is 13.5. The molecule has 0 spiro atoms. The first-order chi connectivity index (χ1) is 12.0. The molecule has 2 aromatic rings. The van der Waals surface area contributed by atoms with Crippen LogP contribution in [0.2, 0.25) is 0 Å². The van der Waals surface area contributed by atoms with Gasteiger partial charge in [-0.25, -0.2) is 4.39 Å². The van der Waals surface area contributed by atoms with Crippen molar-refractivity contribution in [2.75, 3.05) is 11.9 Å². The number of anilines is 1. The Bertz CT molecular complexity index is 747. The maximum absolute atomic E-state index is 12.8. The van der Waals surface area contributed by atoms with E-state index in [4.69, 9.17) is 4.74 Å². The molecule has 0 aromatic heterocycles. The van der Waals surface area contributed by atoms with Gasteiger partial charge >= 0.3 is 5.97 Å². The first kappa shape index (κ1) is 18.1. The maximum atomic E-state index is 12.8. The topological polar surface area (TPSA) is 84.5 Å². The van der Waals surface area contributed by atoms with Crippen molar-refractivity contribution in [2.24, 2.45) is 0 Å². The molecule has 0 saturated carbocycles. The summed E-state index contributed by atoms with van der Waals surface area (Å²) < 4.78 is 17.8. The van der Waals surface area contributed by atoms with E-state index < -0.39 is 29.7 Å². The van der Waals surface area contributed by atoms with Crippen molar-refractivity contribution in [3.8, 4) is 0 Å². The Kier molecular flexibility index (Phi) is 6.22. The molecule has 0 aliphatic carbocycles. The Morgan fingerprint density at radius 2 is 1.68 bits per heavy atom. The Hall–Kier alpha value is -3.22. The second-order valence-corrected chi connectivity index (χ2v) is 5.18. The van der Waals surface area contributed by atoms with Crippen LogP contribution in [0.4, 0.5) is 10.1 Å². The minimum atomic E-state index is -1.06. The Morgan fingerprint density at radius 1 is 1.04 bits per heavy atom. The molecule has 0 aliphatic rings. The van der Waals surface area contributed by atoms with Gasteiger partial charge in [-0.3, -0.25) is 14.4 Å². The molecular formula is C18H17FN2O4. The third-order valence-electron chi connectivity index (χ3n) is 3.22. The first-order valence-electron chi connectivity index (χ1n) is 7.55. The van der Waals surface area contributed by atoms with Crippen LogP contribution in [0.1, 0.15) is 17.3 Å². The van der Waals surface area contributed by atoms with Crippen LogP contribution in [-0.4, -0.2) is 30.4 Å². The molecular weight excluding hydrogens is 327 g/mol. The van der Waals surface area contributed by atoms with E-state index in [0.29, 0.717) is 11.3 Å². The molecule has 0 bridgehead atoms. The number of carbonyl (C=O) groups is 3. The number of carbonyl (C=O) groups excluding carboxylic acids is 3. The van der Waals surface area contributed by atoms with Gasteiger partial charge in [-0.1, -0.05) is 18.2 Å². The summed E-state index contributed by atoms with van der Waals surface area (Å²) in [5, 5.41) is 4.91. The van der Waals surface area contributed by atoms with E-state index in [1.807, 2.05) is 0 Å². The number of hydrogen-bond donors (Lipinski definition) is 2. The number of halogens is 1. The van der Waals surface area contributed by atoms with E-state index in [1.54, 1.807) is 30.3 Å². The van der Waals surface area contributed by atoms with Crippen molar-refractivity contribution in [1.29, 1.82) is 0 Å². The molecule has 0 heterocycles. The molecule has 7 heteroatoms. The maximum Gasteiger partial charge on any atom is 0.326 e. The van der Waals surface area contributed by atoms with Crippen molar-refractivity contribution in [2.45, 2.75) is 13.0 Å². The highest BCUT2D eigenvalue weighted by Gasteiger charge is 2.18. The minimum absolute atomic E-state index is 0.359. The number of benzene rings is 2. The highest BCUT2D eigenvalue weighted by Crippen LogP contribution is 2.09. The lowest BCUT2D eigenvalue weighted by Crippen LogP contribution is -2.35. The number of amides is 2. The summed E-state index contributed by atoms with van der Waals surface area (Å²) in [5.41, 5.74) is 0.795. The molecule has 25 heavy (non-hydrogen) atoms. The Morgan fingerprint density at radius 3 is 2.32 bits per heavy atom. The molecule has 1 atom stereocenters. The van der Waals surface area contributed by atoms with Crippen molar-refractivity contribution < 1.29 is 23.5 Å². The zero-order valence-corrected chi connectivity index (χ0v) is 13.5. The summed E-state index contributed by atoms with van der Waals surface area (Å²) in [7, 11) is 0. The molecule has 0 aliphatic heterocycles. The smallest absolute Gasteiger partial charge is 0.326 e. The van der Waals surface area contributed by atoms with E-state index in [9.17, 15) is 18.8 Å². The van der Waals surface area contributed by atoms with Gasteiger partial charge in [0.1, 0.15) is 12.4 Å². The first-order valence-corrected chi connectivity index (χ1v) is 7.55. The molecule has 2 aromatic carbocycles. The summed E-state index contributed by atoms with van der Waals surface area (Å²) in [6.45, 7) is 1.04. The van der Waals surface area contributed by atoms with Crippen molar-refractivity contribution in [3.05, 3.63) is 66.0 Å². The van der Waals surface area contributed by atoms with Gasteiger partial charge in [-0.05, 0) is 43.3 Å². The monoisotopic (exact) mass is 344 g/mol. The molecule has 0 radical (unpaired) electrons. The second kappa shape index (κ2) is 8.58. The van der Waals surface area contributed by atoms with E-state index in [2.05, 4.69) is 10.6 Å². The standard InChI is InChI=1S/C18H17FN2O4/c1-12(17(23)21-15-9-7-14(19)8-10-15)25-16(22)11-20-18(24)13-5-3-2-4-6-13/h2-10,12H,11H2,1H3,(H,20,24)(H,21,23)/t12-/m0/s1. The highest BCUT2D eigenvalue weighted by molar-refractivity contribution is 5.97. The van der Waals surface area contributed by atoms with Crippen molar-refractivity contribution >= 4 is 23.5 Å². The molecule has 2 N–H and O–H groups in total. The van der Waals surface area contributed by atoms with Crippen LogP contribution < -0.4 is 10.6 Å². The number of esters is 1. The summed E-state index contributed by atoms with van der Waals surface area (Å²) in [5.74, 6) is -2.15. The van der Waals surface area contributed by atoms with Gasteiger partial charge in [0.05, 0.1) is 0 Å². The molecule has 130 valence electrons. The van der Waals surface area contributed by atoms with E-state index in [-0.39, 0.29) is 6.54 Å². The van der Waals surface area contributed by atoms with Gasteiger partial charge in [0.2, 0.25) is 0 Å². The number of rotatable bonds is 6. The SMILES string of the molecule is C[C@H](OC(=O)CNC(=O)c1ccccc1)C(=O)Nc1ccc(F)cc1. The van der Waals surface area contributed by atoms with Crippen LogP contribution in [0.25, 0.3) is 0 Å². The fourth-order valence-corrected chi connectivity index (χ4v) is 1.91. The van der Waals surface area contributed by atoms with Gasteiger partial charge in [-0.2, -0.15) is 0 Å². The molecule has 0 saturated heterocycles. The van der Waals surface area contributed by atoms with Gasteiger partial charge in [0.25, 0.3) is 11.8 Å². The third kappa shape index (κ3) is 5.72. The normalized spacial score (nSPS) is 11.3.